The summed E-state index contributed by atoms with van der Waals surface area (Å²) in [5.41, 5.74) is 0. The molecule has 0 aromatic carbocycles. The molecule has 0 radical (unpaired) electrons. The van der Waals surface area contributed by atoms with Crippen LogP contribution in [0.1, 0.15) is 21.2 Å². The van der Waals surface area contributed by atoms with Gasteiger partial charge in [-0.2, -0.15) is 9.36 Å². The molecule has 7 nitrogen and oxygen atoms in total. The highest BCUT2D eigenvalue weighted by Crippen LogP contribution is 2.13. The number of methoxy groups -OCH3 is 1. The summed E-state index contributed by atoms with van der Waals surface area (Å²) in [4.78, 5) is 26.4. The van der Waals surface area contributed by atoms with E-state index in [9.17, 15) is 9.59 Å². The number of amides is 1. The topological polar surface area (TPSA) is 94.3 Å². The van der Waals surface area contributed by atoms with E-state index in [1.165, 1.54) is 19.4 Å². The first kappa shape index (κ1) is 11.3. The fraction of sp³-hybridized carbons (Fsp3) is 0.111. The van der Waals surface area contributed by atoms with Gasteiger partial charge in [0, 0.05) is 11.5 Å². The summed E-state index contributed by atoms with van der Waals surface area (Å²) >= 11 is 0.883. The first-order valence-corrected chi connectivity index (χ1v) is 5.25. The van der Waals surface area contributed by atoms with Crippen molar-refractivity contribution in [1.82, 2.24) is 9.36 Å². The summed E-state index contributed by atoms with van der Waals surface area (Å²) in [5.74, 6) is -1.05. The van der Waals surface area contributed by atoms with Crippen LogP contribution in [0.2, 0.25) is 0 Å². The van der Waals surface area contributed by atoms with Crippen LogP contribution in [0.15, 0.2) is 22.8 Å². The molecule has 0 aliphatic rings. The van der Waals surface area contributed by atoms with E-state index in [-0.39, 0.29) is 16.7 Å². The summed E-state index contributed by atoms with van der Waals surface area (Å²) in [6.07, 6.45) is 1.38. The van der Waals surface area contributed by atoms with Crippen molar-refractivity contribution in [3.8, 4) is 0 Å². The molecule has 17 heavy (non-hydrogen) atoms. The van der Waals surface area contributed by atoms with Crippen LogP contribution in [0.25, 0.3) is 0 Å². The van der Waals surface area contributed by atoms with Crippen LogP contribution in [0, 0.1) is 0 Å². The lowest BCUT2D eigenvalue weighted by Gasteiger charge is -1.95. The molecule has 0 spiro atoms. The molecule has 0 saturated heterocycles. The van der Waals surface area contributed by atoms with Crippen LogP contribution >= 0.6 is 11.5 Å². The second-order valence-corrected chi connectivity index (χ2v) is 3.60. The number of hydrogen-bond acceptors (Lipinski definition) is 7. The molecule has 2 aromatic heterocycles. The smallest absolute Gasteiger partial charge is 0.377 e. The lowest BCUT2D eigenvalue weighted by molar-refractivity contribution is 0.0588. The van der Waals surface area contributed by atoms with Crippen LogP contribution in [0.5, 0.6) is 0 Å². The predicted octanol–water partition coefficient (Wildman–Crippen LogP) is 1.17. The summed E-state index contributed by atoms with van der Waals surface area (Å²) < 4.78 is 13.1. The number of esters is 1. The first-order valence-electron chi connectivity index (χ1n) is 4.47. The molecule has 2 heterocycles. The van der Waals surface area contributed by atoms with Gasteiger partial charge in [-0.25, -0.2) is 4.79 Å². The van der Waals surface area contributed by atoms with Crippen LogP contribution in [-0.2, 0) is 4.74 Å². The van der Waals surface area contributed by atoms with Gasteiger partial charge in [-0.15, -0.1) is 0 Å². The molecule has 0 unspecified atom stereocenters. The van der Waals surface area contributed by atoms with Crippen molar-refractivity contribution in [3.05, 3.63) is 30.0 Å². The molecular formula is C9H7N3O4S. The number of anilines is 1. The number of nitrogens with zero attached hydrogens (tertiary/aromatic N) is 2. The highest BCUT2D eigenvalue weighted by Gasteiger charge is 2.16. The molecule has 0 saturated carbocycles. The third kappa shape index (κ3) is 2.48. The number of carbonyl (C=O) groups is 2. The van der Waals surface area contributed by atoms with E-state index in [0.29, 0.717) is 0 Å². The average Bonchev–Trinajstić information content (AvgIpc) is 2.98. The first-order chi connectivity index (χ1) is 8.20. The Labute approximate surface area is 99.6 Å². The van der Waals surface area contributed by atoms with Crippen molar-refractivity contribution < 1.29 is 18.7 Å². The maximum absolute atomic E-state index is 11.5. The van der Waals surface area contributed by atoms with Gasteiger partial charge in [0.05, 0.1) is 13.4 Å². The number of rotatable bonds is 3. The van der Waals surface area contributed by atoms with Crippen molar-refractivity contribution in [2.24, 2.45) is 0 Å². The molecule has 0 aliphatic carbocycles. The Morgan fingerprint density at radius 3 is 3.00 bits per heavy atom. The Hall–Kier alpha value is -2.22. The van der Waals surface area contributed by atoms with Gasteiger partial charge in [0.15, 0.2) is 5.76 Å². The summed E-state index contributed by atoms with van der Waals surface area (Å²) in [7, 11) is 1.23. The fourth-order valence-corrected chi connectivity index (χ4v) is 1.57. The third-order valence-corrected chi connectivity index (χ3v) is 2.39. The second-order valence-electron chi connectivity index (χ2n) is 2.85. The minimum Gasteiger partial charge on any atom is -0.463 e. The van der Waals surface area contributed by atoms with Crippen LogP contribution in [-0.4, -0.2) is 28.3 Å². The van der Waals surface area contributed by atoms with E-state index < -0.39 is 11.9 Å². The summed E-state index contributed by atoms with van der Waals surface area (Å²) in [6.45, 7) is 0. The lowest BCUT2D eigenvalue weighted by atomic mass is 10.4. The van der Waals surface area contributed by atoms with Crippen molar-refractivity contribution >= 4 is 28.5 Å². The standard InChI is InChI=1S/C9H7N3O4S/c1-15-8(14)6-10-9(17-12-6)11-7(13)5-3-2-4-16-5/h2-4H,1H3,(H,10,11,12,13). The Kier molecular flexibility index (Phi) is 3.15. The van der Waals surface area contributed by atoms with Gasteiger partial charge in [-0.05, 0) is 12.1 Å². The maximum atomic E-state index is 11.5. The van der Waals surface area contributed by atoms with Gasteiger partial charge in [-0.1, -0.05) is 0 Å². The zero-order valence-corrected chi connectivity index (χ0v) is 9.48. The minimum absolute atomic E-state index is 0.0905. The van der Waals surface area contributed by atoms with Gasteiger partial charge in [0.25, 0.3) is 11.7 Å². The van der Waals surface area contributed by atoms with Gasteiger partial charge >= 0.3 is 5.97 Å². The molecule has 2 aromatic rings. The number of hydrogen-bond donors (Lipinski definition) is 1. The van der Waals surface area contributed by atoms with Gasteiger partial charge in [0.1, 0.15) is 0 Å². The van der Waals surface area contributed by atoms with Crippen molar-refractivity contribution in [3.63, 3.8) is 0 Å². The molecule has 1 amide bonds. The number of carbonyl (C=O) groups excluding carboxylic acids is 2. The molecule has 88 valence electrons. The molecule has 0 atom stereocenters. The average molecular weight is 253 g/mol. The van der Waals surface area contributed by atoms with Gasteiger partial charge < -0.3 is 9.15 Å². The van der Waals surface area contributed by atoms with E-state index in [1.807, 2.05) is 0 Å². The molecular weight excluding hydrogens is 246 g/mol. The normalized spacial score (nSPS) is 9.94. The van der Waals surface area contributed by atoms with Crippen LogP contribution in [0.3, 0.4) is 0 Å². The second kappa shape index (κ2) is 4.74. The van der Waals surface area contributed by atoms with E-state index in [0.717, 1.165) is 11.5 Å². The SMILES string of the molecule is COC(=O)c1nsc(NC(=O)c2ccco2)n1. The molecule has 2 rings (SSSR count). The predicted molar refractivity (Wildman–Crippen MR) is 57.9 cm³/mol. The van der Waals surface area contributed by atoms with E-state index in [1.54, 1.807) is 6.07 Å². The number of furan rings is 1. The Morgan fingerprint density at radius 2 is 2.35 bits per heavy atom. The van der Waals surface area contributed by atoms with Crippen LogP contribution < -0.4 is 5.32 Å². The molecule has 1 N–H and O–H groups in total. The molecule has 0 fully saturated rings. The van der Waals surface area contributed by atoms with Crippen LogP contribution in [0.4, 0.5) is 5.13 Å². The maximum Gasteiger partial charge on any atom is 0.377 e. The lowest BCUT2D eigenvalue weighted by Crippen LogP contribution is -2.11. The third-order valence-electron chi connectivity index (χ3n) is 1.76. The summed E-state index contributed by atoms with van der Waals surface area (Å²) in [6, 6.07) is 3.10. The van der Waals surface area contributed by atoms with Crippen molar-refractivity contribution in [2.75, 3.05) is 12.4 Å². The number of ether oxygens (including phenoxy) is 1. The van der Waals surface area contributed by atoms with Crippen molar-refractivity contribution in [1.29, 1.82) is 0 Å². The Balaban J connectivity index is 2.07. The molecule has 8 heteroatoms. The largest absolute Gasteiger partial charge is 0.463 e. The number of nitrogens with one attached hydrogen (secondary N) is 1. The Morgan fingerprint density at radius 1 is 1.53 bits per heavy atom. The van der Waals surface area contributed by atoms with E-state index in [2.05, 4.69) is 19.4 Å². The van der Waals surface area contributed by atoms with Gasteiger partial charge in [-0.3, -0.25) is 10.1 Å². The molecule has 0 bridgehead atoms. The van der Waals surface area contributed by atoms with E-state index in [4.69, 9.17) is 4.42 Å². The zero-order valence-electron chi connectivity index (χ0n) is 8.67. The number of aromatic nitrogens is 2. The quantitative estimate of drug-likeness (QED) is 0.825. The Bertz CT molecular complexity index is 534. The summed E-state index contributed by atoms with van der Waals surface area (Å²) in [5, 5.41) is 2.65. The fourth-order valence-electron chi connectivity index (χ4n) is 1.01. The minimum atomic E-state index is -0.653. The van der Waals surface area contributed by atoms with Crippen molar-refractivity contribution in [2.45, 2.75) is 0 Å². The molecule has 0 aliphatic heterocycles. The zero-order chi connectivity index (χ0) is 12.3. The monoisotopic (exact) mass is 253 g/mol. The highest BCUT2D eigenvalue weighted by molar-refractivity contribution is 7.10. The van der Waals surface area contributed by atoms with E-state index >= 15 is 0 Å². The highest BCUT2D eigenvalue weighted by atomic mass is 32.1. The van der Waals surface area contributed by atoms with Gasteiger partial charge in [0.2, 0.25) is 5.13 Å².